The van der Waals surface area contributed by atoms with Gasteiger partial charge in [0.05, 0.1) is 24.9 Å². The van der Waals surface area contributed by atoms with Gasteiger partial charge in [0.15, 0.2) is 6.10 Å². The summed E-state index contributed by atoms with van der Waals surface area (Å²) in [5, 5.41) is 0.902. The molecule has 0 N–H and O–H groups in total. The molecule has 3 atom stereocenters. The van der Waals surface area contributed by atoms with Gasteiger partial charge in [-0.2, -0.15) is 0 Å². The number of furan rings is 1. The predicted molar refractivity (Wildman–Crippen MR) is 101 cm³/mol. The molecule has 1 fully saturated rings. The molecule has 1 saturated heterocycles. The van der Waals surface area contributed by atoms with Crippen molar-refractivity contribution < 1.29 is 23.5 Å². The standard InChI is InChI=1S/C21H27NO5/c1-5-16-6-7-18-17(12-25-19(18)8-16)9-20(23)27-15(4)21(24)22-10-13(2)26-14(3)11-22/h6-8,12-15H,5,9-11H2,1-4H3. The zero-order chi connectivity index (χ0) is 19.6. The molecule has 0 radical (unpaired) electrons. The van der Waals surface area contributed by atoms with Gasteiger partial charge in [-0.25, -0.2) is 0 Å². The number of benzene rings is 1. The van der Waals surface area contributed by atoms with Crippen LogP contribution in [0.4, 0.5) is 0 Å². The topological polar surface area (TPSA) is 69.0 Å². The molecule has 27 heavy (non-hydrogen) atoms. The van der Waals surface area contributed by atoms with Crippen LogP contribution in [0.1, 0.15) is 38.8 Å². The van der Waals surface area contributed by atoms with Crippen molar-refractivity contribution in [3.8, 4) is 0 Å². The summed E-state index contributed by atoms with van der Waals surface area (Å²) >= 11 is 0. The van der Waals surface area contributed by atoms with Crippen molar-refractivity contribution in [2.24, 2.45) is 0 Å². The average Bonchev–Trinajstić information content (AvgIpc) is 3.01. The van der Waals surface area contributed by atoms with Crippen LogP contribution < -0.4 is 0 Å². The van der Waals surface area contributed by atoms with Crippen LogP contribution in [-0.2, 0) is 31.9 Å². The van der Waals surface area contributed by atoms with Crippen molar-refractivity contribution in [1.29, 1.82) is 0 Å². The minimum Gasteiger partial charge on any atom is -0.464 e. The Labute approximate surface area is 159 Å². The van der Waals surface area contributed by atoms with Gasteiger partial charge < -0.3 is 18.8 Å². The fourth-order valence-electron chi connectivity index (χ4n) is 3.54. The van der Waals surface area contributed by atoms with Crippen LogP contribution in [0.25, 0.3) is 11.0 Å². The lowest BCUT2D eigenvalue weighted by atomic mass is 10.1. The summed E-state index contributed by atoms with van der Waals surface area (Å²) in [7, 11) is 0. The third kappa shape index (κ3) is 4.50. The molecule has 2 aromatic rings. The Hall–Kier alpha value is -2.34. The third-order valence-electron chi connectivity index (χ3n) is 4.85. The number of rotatable bonds is 5. The van der Waals surface area contributed by atoms with Gasteiger partial charge >= 0.3 is 5.97 Å². The van der Waals surface area contributed by atoms with Crippen molar-refractivity contribution in [1.82, 2.24) is 4.90 Å². The van der Waals surface area contributed by atoms with Gasteiger partial charge in [-0.1, -0.05) is 19.1 Å². The minimum absolute atomic E-state index is 0.0223. The van der Waals surface area contributed by atoms with E-state index < -0.39 is 12.1 Å². The molecular formula is C21H27NO5. The normalized spacial score (nSPS) is 21.3. The number of hydrogen-bond acceptors (Lipinski definition) is 5. The lowest BCUT2D eigenvalue weighted by Crippen LogP contribution is -2.51. The first kappa shape index (κ1) is 19.4. The van der Waals surface area contributed by atoms with Gasteiger partial charge in [-0.15, -0.1) is 0 Å². The summed E-state index contributed by atoms with van der Waals surface area (Å²) in [4.78, 5) is 26.6. The lowest BCUT2D eigenvalue weighted by molar-refractivity contribution is -0.164. The number of nitrogens with zero attached hydrogens (tertiary/aromatic N) is 1. The van der Waals surface area contributed by atoms with Crippen LogP contribution in [-0.4, -0.2) is 48.2 Å². The Morgan fingerprint density at radius 3 is 2.63 bits per heavy atom. The van der Waals surface area contributed by atoms with E-state index in [0.717, 1.165) is 23.0 Å². The number of aryl methyl sites for hydroxylation is 1. The highest BCUT2D eigenvalue weighted by molar-refractivity contribution is 5.88. The van der Waals surface area contributed by atoms with E-state index in [1.165, 1.54) is 5.56 Å². The number of fused-ring (bicyclic) bond motifs is 1. The fourth-order valence-corrected chi connectivity index (χ4v) is 3.54. The van der Waals surface area contributed by atoms with Gasteiger partial charge in [0.2, 0.25) is 0 Å². The lowest BCUT2D eigenvalue weighted by Gasteiger charge is -2.36. The van der Waals surface area contributed by atoms with Crippen LogP contribution in [0.5, 0.6) is 0 Å². The van der Waals surface area contributed by atoms with E-state index in [1.807, 2.05) is 32.0 Å². The van der Waals surface area contributed by atoms with Crippen molar-refractivity contribution >= 4 is 22.8 Å². The molecule has 3 rings (SSSR count). The minimum atomic E-state index is -0.820. The van der Waals surface area contributed by atoms with Crippen LogP contribution in [0.2, 0.25) is 0 Å². The number of ether oxygens (including phenoxy) is 2. The Morgan fingerprint density at radius 1 is 1.26 bits per heavy atom. The number of amides is 1. The molecule has 1 aromatic carbocycles. The molecule has 1 aromatic heterocycles. The highest BCUT2D eigenvalue weighted by Gasteiger charge is 2.30. The summed E-state index contributed by atoms with van der Waals surface area (Å²) in [5.74, 6) is -0.623. The van der Waals surface area contributed by atoms with Crippen molar-refractivity contribution in [2.45, 2.75) is 58.8 Å². The monoisotopic (exact) mass is 373 g/mol. The van der Waals surface area contributed by atoms with Crippen LogP contribution in [0.3, 0.4) is 0 Å². The van der Waals surface area contributed by atoms with E-state index in [9.17, 15) is 9.59 Å². The molecule has 0 saturated carbocycles. The zero-order valence-electron chi connectivity index (χ0n) is 16.4. The van der Waals surface area contributed by atoms with E-state index in [4.69, 9.17) is 13.9 Å². The van der Waals surface area contributed by atoms with Gasteiger partial charge in [-0.05, 0) is 38.8 Å². The summed E-state index contributed by atoms with van der Waals surface area (Å²) < 4.78 is 16.6. The second-order valence-corrected chi connectivity index (χ2v) is 7.25. The van der Waals surface area contributed by atoms with Gasteiger partial charge in [0.1, 0.15) is 5.58 Å². The van der Waals surface area contributed by atoms with Gasteiger partial charge in [-0.3, -0.25) is 9.59 Å². The number of carbonyl (C=O) groups is 2. The van der Waals surface area contributed by atoms with Crippen LogP contribution >= 0.6 is 0 Å². The average molecular weight is 373 g/mol. The number of morpholine rings is 1. The molecule has 0 spiro atoms. The molecule has 0 aliphatic carbocycles. The SMILES string of the molecule is CCc1ccc2c(CC(=O)OC(C)C(=O)N3CC(C)OC(C)C3)coc2c1. The molecule has 3 unspecified atom stereocenters. The second kappa shape index (κ2) is 8.13. The largest absolute Gasteiger partial charge is 0.464 e. The summed E-state index contributed by atoms with van der Waals surface area (Å²) in [6.07, 6.45) is 1.72. The smallest absolute Gasteiger partial charge is 0.311 e. The number of esters is 1. The first-order valence-electron chi connectivity index (χ1n) is 9.50. The van der Waals surface area contributed by atoms with Crippen LogP contribution in [0, 0.1) is 0 Å². The molecule has 1 aliphatic rings. The molecule has 1 aliphatic heterocycles. The molecule has 6 nitrogen and oxygen atoms in total. The molecule has 0 bridgehead atoms. The van der Waals surface area contributed by atoms with E-state index in [0.29, 0.717) is 13.1 Å². The predicted octanol–water partition coefficient (Wildman–Crippen LogP) is 3.11. The fraction of sp³-hybridized carbons (Fsp3) is 0.524. The molecular weight excluding hydrogens is 346 g/mol. The Kier molecular flexibility index (Phi) is 5.85. The molecule has 2 heterocycles. The maximum Gasteiger partial charge on any atom is 0.311 e. The van der Waals surface area contributed by atoms with E-state index in [2.05, 4.69) is 6.92 Å². The first-order valence-corrected chi connectivity index (χ1v) is 9.50. The Morgan fingerprint density at radius 2 is 1.96 bits per heavy atom. The highest BCUT2D eigenvalue weighted by Crippen LogP contribution is 2.23. The van der Waals surface area contributed by atoms with Crippen LogP contribution in [0.15, 0.2) is 28.9 Å². The van der Waals surface area contributed by atoms with Crippen molar-refractivity contribution in [2.75, 3.05) is 13.1 Å². The second-order valence-electron chi connectivity index (χ2n) is 7.25. The summed E-state index contributed by atoms with van der Waals surface area (Å²) in [5.41, 5.74) is 2.71. The van der Waals surface area contributed by atoms with E-state index in [1.54, 1.807) is 18.1 Å². The Balaban J connectivity index is 1.61. The van der Waals surface area contributed by atoms with E-state index >= 15 is 0 Å². The zero-order valence-corrected chi connectivity index (χ0v) is 16.4. The third-order valence-corrected chi connectivity index (χ3v) is 4.85. The first-order chi connectivity index (χ1) is 12.9. The number of hydrogen-bond donors (Lipinski definition) is 0. The maximum atomic E-state index is 12.6. The highest BCUT2D eigenvalue weighted by atomic mass is 16.5. The summed E-state index contributed by atoms with van der Waals surface area (Å²) in [6.45, 7) is 8.58. The van der Waals surface area contributed by atoms with E-state index in [-0.39, 0.29) is 24.5 Å². The molecule has 6 heteroatoms. The summed E-state index contributed by atoms with van der Waals surface area (Å²) in [6, 6.07) is 5.97. The van der Waals surface area contributed by atoms with Crippen molar-refractivity contribution in [3.05, 3.63) is 35.6 Å². The molecule has 146 valence electrons. The van der Waals surface area contributed by atoms with Crippen molar-refractivity contribution in [3.63, 3.8) is 0 Å². The van der Waals surface area contributed by atoms with Gasteiger partial charge in [0.25, 0.3) is 5.91 Å². The number of carbonyl (C=O) groups excluding carboxylic acids is 2. The maximum absolute atomic E-state index is 12.6. The quantitative estimate of drug-likeness (QED) is 0.753. The van der Waals surface area contributed by atoms with Gasteiger partial charge in [0, 0.05) is 24.0 Å². The molecule has 1 amide bonds. The Bertz CT molecular complexity index is 817.